The molecular formula is C25H27Cl2N2O5S+. The Morgan fingerprint density at radius 2 is 1.89 bits per heavy atom. The van der Waals surface area contributed by atoms with Crippen LogP contribution in [0.1, 0.15) is 39.0 Å². The molecule has 0 radical (unpaired) electrons. The van der Waals surface area contributed by atoms with Gasteiger partial charge in [0, 0.05) is 35.2 Å². The first-order valence-corrected chi connectivity index (χ1v) is 13.8. The average molecular weight is 538 g/mol. The van der Waals surface area contributed by atoms with E-state index in [2.05, 4.69) is 11.5 Å². The number of aromatic nitrogens is 1. The zero-order valence-corrected chi connectivity index (χ0v) is 21.8. The van der Waals surface area contributed by atoms with Crippen molar-refractivity contribution in [1.29, 1.82) is 0 Å². The Bertz CT molecular complexity index is 1410. The van der Waals surface area contributed by atoms with Crippen LogP contribution in [0.25, 0.3) is 17.2 Å². The predicted molar refractivity (Wildman–Crippen MR) is 139 cm³/mol. The summed E-state index contributed by atoms with van der Waals surface area (Å²) in [5.41, 5.74) is 3.38. The second kappa shape index (κ2) is 10.6. The van der Waals surface area contributed by atoms with E-state index in [1.54, 1.807) is 24.3 Å². The molecule has 0 amide bonds. The highest BCUT2D eigenvalue weighted by Gasteiger charge is 2.27. The Hall–Kier alpha value is -2.52. The van der Waals surface area contributed by atoms with E-state index in [-0.39, 0.29) is 12.2 Å². The van der Waals surface area contributed by atoms with Crippen LogP contribution in [0.15, 0.2) is 58.3 Å². The zero-order valence-electron chi connectivity index (χ0n) is 19.5. The Balaban J connectivity index is 1.72. The van der Waals surface area contributed by atoms with Gasteiger partial charge in [-0.05, 0) is 48.7 Å². The van der Waals surface area contributed by atoms with Crippen molar-refractivity contribution in [2.75, 3.05) is 17.2 Å². The minimum absolute atomic E-state index is 0.220. The van der Waals surface area contributed by atoms with Gasteiger partial charge in [-0.3, -0.25) is 4.55 Å². The summed E-state index contributed by atoms with van der Waals surface area (Å²) in [6.07, 6.45) is 5.74. The molecule has 35 heavy (non-hydrogen) atoms. The molecule has 0 spiro atoms. The maximum absolute atomic E-state index is 11.2. The summed E-state index contributed by atoms with van der Waals surface area (Å²) in [4.78, 5) is 1.87. The maximum atomic E-state index is 11.2. The molecule has 0 fully saturated rings. The second-order valence-electron chi connectivity index (χ2n) is 8.26. The standard InChI is InChI=1S/C25H26Cl2N2O5S/c1-3-10-28-20-15-18(26)6-8-22(20)33-24(28)13-17(4-2)14-25-29(11-5-12-35(30,31)32)21-16-19(27)7-9-23(21)34-25/h6-9,13-16H,3-5,10-12H2,1-2H3/p+1. The lowest BCUT2D eigenvalue weighted by Crippen LogP contribution is -2.35. The summed E-state index contributed by atoms with van der Waals surface area (Å²) < 4.78 is 46.0. The van der Waals surface area contributed by atoms with Crippen LogP contribution < -0.4 is 14.2 Å². The van der Waals surface area contributed by atoms with Crippen LogP contribution in [0.4, 0.5) is 5.69 Å². The fourth-order valence-corrected chi connectivity index (χ4v) is 4.84. The van der Waals surface area contributed by atoms with Gasteiger partial charge in [-0.1, -0.05) is 37.0 Å². The SMILES string of the molecule is CCC[n+]1c(C=C(C=C2Oc3ccc(Cl)cc3N2CCCS(=O)(=O)O)CC)oc2ccc(Cl)cc21. The molecule has 7 nitrogen and oxygen atoms in total. The highest BCUT2D eigenvalue weighted by molar-refractivity contribution is 7.85. The molecule has 0 unspecified atom stereocenters. The molecule has 0 bridgehead atoms. The highest BCUT2D eigenvalue weighted by Crippen LogP contribution is 2.41. The van der Waals surface area contributed by atoms with Crippen molar-refractivity contribution < 1.29 is 26.7 Å². The summed E-state index contributed by atoms with van der Waals surface area (Å²) in [6.45, 7) is 5.24. The first kappa shape index (κ1) is 25.6. The Kier molecular flexibility index (Phi) is 7.76. The van der Waals surface area contributed by atoms with Crippen LogP contribution in [0.3, 0.4) is 0 Å². The van der Waals surface area contributed by atoms with Crippen LogP contribution in [0.5, 0.6) is 5.75 Å². The van der Waals surface area contributed by atoms with Crippen molar-refractivity contribution in [3.05, 3.63) is 69.9 Å². The molecule has 4 rings (SSSR count). The molecule has 1 aliphatic rings. The Labute approximate surface area is 214 Å². The minimum Gasteiger partial charge on any atom is -0.439 e. The molecule has 1 aliphatic heterocycles. The lowest BCUT2D eigenvalue weighted by molar-refractivity contribution is -0.678. The molecule has 1 N–H and O–H groups in total. The van der Waals surface area contributed by atoms with E-state index < -0.39 is 10.1 Å². The number of ether oxygens (including phenoxy) is 1. The van der Waals surface area contributed by atoms with Crippen LogP contribution in [-0.4, -0.2) is 25.3 Å². The quantitative estimate of drug-likeness (QED) is 0.256. The van der Waals surface area contributed by atoms with Crippen molar-refractivity contribution in [2.45, 2.75) is 39.7 Å². The molecule has 10 heteroatoms. The molecule has 0 saturated heterocycles. The van der Waals surface area contributed by atoms with Gasteiger partial charge in [0.2, 0.25) is 11.5 Å². The van der Waals surface area contributed by atoms with Gasteiger partial charge in [-0.2, -0.15) is 13.0 Å². The number of rotatable bonds is 9. The summed E-state index contributed by atoms with van der Waals surface area (Å²) in [7, 11) is -4.06. The van der Waals surface area contributed by atoms with Crippen molar-refractivity contribution >= 4 is 56.2 Å². The highest BCUT2D eigenvalue weighted by atomic mass is 35.5. The first-order chi connectivity index (χ1) is 16.7. The van der Waals surface area contributed by atoms with E-state index in [1.807, 2.05) is 36.1 Å². The number of nitrogens with zero attached hydrogens (tertiary/aromatic N) is 2. The maximum Gasteiger partial charge on any atom is 0.374 e. The van der Waals surface area contributed by atoms with E-state index in [0.29, 0.717) is 40.5 Å². The lowest BCUT2D eigenvalue weighted by atomic mass is 10.1. The lowest BCUT2D eigenvalue weighted by Gasteiger charge is -2.18. The number of anilines is 1. The first-order valence-electron chi connectivity index (χ1n) is 11.4. The van der Waals surface area contributed by atoms with Crippen molar-refractivity contribution in [1.82, 2.24) is 0 Å². The van der Waals surface area contributed by atoms with E-state index in [0.717, 1.165) is 35.3 Å². The van der Waals surface area contributed by atoms with Crippen LogP contribution >= 0.6 is 23.2 Å². The number of allylic oxidation sites excluding steroid dienone is 2. The fourth-order valence-electron chi connectivity index (χ4n) is 4.02. The number of hydrogen-bond donors (Lipinski definition) is 1. The number of oxazole rings is 1. The van der Waals surface area contributed by atoms with Crippen LogP contribution in [0, 0.1) is 0 Å². The van der Waals surface area contributed by atoms with Crippen LogP contribution in [0.2, 0.25) is 10.0 Å². The molecular weight excluding hydrogens is 511 g/mol. The van der Waals surface area contributed by atoms with Gasteiger partial charge in [-0.25, -0.2) is 0 Å². The summed E-state index contributed by atoms with van der Waals surface area (Å²) >= 11 is 12.4. The van der Waals surface area contributed by atoms with E-state index in [4.69, 9.17) is 36.9 Å². The molecule has 3 aromatic rings. The molecule has 2 aromatic carbocycles. The van der Waals surface area contributed by atoms with Gasteiger partial charge in [0.1, 0.15) is 0 Å². The number of halogens is 2. The number of aryl methyl sites for hydroxylation is 1. The summed E-state index contributed by atoms with van der Waals surface area (Å²) in [6, 6.07) is 10.9. The van der Waals surface area contributed by atoms with Gasteiger partial charge in [-0.15, -0.1) is 0 Å². The van der Waals surface area contributed by atoms with Gasteiger partial charge in [0.25, 0.3) is 15.6 Å². The molecule has 186 valence electrons. The average Bonchev–Trinajstić information content (AvgIpc) is 3.30. The van der Waals surface area contributed by atoms with Crippen molar-refractivity contribution in [2.24, 2.45) is 0 Å². The van der Waals surface area contributed by atoms with Crippen molar-refractivity contribution in [3.8, 4) is 5.75 Å². The van der Waals surface area contributed by atoms with Gasteiger partial charge >= 0.3 is 5.89 Å². The summed E-state index contributed by atoms with van der Waals surface area (Å²) in [5.74, 6) is 1.53. The molecule has 0 aliphatic carbocycles. The number of fused-ring (bicyclic) bond motifs is 2. The van der Waals surface area contributed by atoms with Gasteiger partial charge in [0.15, 0.2) is 12.3 Å². The molecule has 1 aromatic heterocycles. The third-order valence-electron chi connectivity index (χ3n) is 5.64. The van der Waals surface area contributed by atoms with E-state index in [1.165, 1.54) is 0 Å². The monoisotopic (exact) mass is 537 g/mol. The third kappa shape index (κ3) is 6.01. The Morgan fingerprint density at radius 1 is 1.14 bits per heavy atom. The molecule has 2 heterocycles. The van der Waals surface area contributed by atoms with Crippen LogP contribution in [-0.2, 0) is 16.7 Å². The third-order valence-corrected chi connectivity index (χ3v) is 6.92. The number of hydrogen-bond acceptors (Lipinski definition) is 5. The predicted octanol–water partition coefficient (Wildman–Crippen LogP) is 6.25. The topological polar surface area (TPSA) is 83.9 Å². The second-order valence-corrected chi connectivity index (χ2v) is 10.7. The van der Waals surface area contributed by atoms with Crippen molar-refractivity contribution in [3.63, 3.8) is 0 Å². The Morgan fingerprint density at radius 3 is 2.60 bits per heavy atom. The fraction of sp³-hybridized carbons (Fsp3) is 0.320. The van der Waals surface area contributed by atoms with Gasteiger partial charge < -0.3 is 14.1 Å². The molecule has 0 saturated carbocycles. The zero-order chi connectivity index (χ0) is 25.2. The summed E-state index contributed by atoms with van der Waals surface area (Å²) in [5, 5.41) is 1.19. The van der Waals surface area contributed by atoms with E-state index in [9.17, 15) is 8.42 Å². The normalized spacial score (nSPS) is 15.2. The minimum atomic E-state index is -4.06. The molecule has 0 atom stereocenters. The van der Waals surface area contributed by atoms with Gasteiger partial charge in [0.05, 0.1) is 17.5 Å². The smallest absolute Gasteiger partial charge is 0.374 e. The van der Waals surface area contributed by atoms with E-state index >= 15 is 0 Å². The number of benzene rings is 2. The largest absolute Gasteiger partial charge is 0.439 e.